The van der Waals surface area contributed by atoms with Gasteiger partial charge in [-0.1, -0.05) is 13.8 Å². The Morgan fingerprint density at radius 3 is 2.23 bits per heavy atom. The number of carbonyl (C=O) groups is 1. The maximum atomic E-state index is 10.9. The summed E-state index contributed by atoms with van der Waals surface area (Å²) in [6.45, 7) is 9.31. The number of nitrogens with zero attached hydrogens (tertiary/aromatic N) is 1. The molecule has 13 heavy (non-hydrogen) atoms. The minimum Gasteiger partial charge on any atom is -0.303 e. The van der Waals surface area contributed by atoms with E-state index in [1.54, 1.807) is 6.92 Å². The monoisotopic (exact) mass is 185 g/mol. The van der Waals surface area contributed by atoms with Crippen LogP contribution in [0.2, 0.25) is 0 Å². The average molecular weight is 185 g/mol. The first-order chi connectivity index (χ1) is 5.93. The van der Waals surface area contributed by atoms with Gasteiger partial charge in [-0.2, -0.15) is 0 Å². The van der Waals surface area contributed by atoms with Gasteiger partial charge >= 0.3 is 0 Å². The van der Waals surface area contributed by atoms with Crippen LogP contribution >= 0.6 is 0 Å². The molecule has 0 saturated heterocycles. The highest BCUT2D eigenvalue weighted by Crippen LogP contribution is 2.06. The molecule has 0 bridgehead atoms. The molecule has 0 aliphatic heterocycles. The van der Waals surface area contributed by atoms with Crippen LogP contribution in [0, 0.1) is 5.92 Å². The van der Waals surface area contributed by atoms with Gasteiger partial charge in [0.25, 0.3) is 0 Å². The van der Waals surface area contributed by atoms with E-state index in [2.05, 4.69) is 32.7 Å². The molecule has 0 spiro atoms. The summed E-state index contributed by atoms with van der Waals surface area (Å²) in [5, 5.41) is 0. The molecule has 1 atom stereocenters. The summed E-state index contributed by atoms with van der Waals surface area (Å²) in [6.07, 6.45) is 1.88. The Hall–Kier alpha value is -0.370. The van der Waals surface area contributed by atoms with Crippen molar-refractivity contribution < 1.29 is 4.79 Å². The smallest absolute Gasteiger partial charge is 0.131 e. The summed E-state index contributed by atoms with van der Waals surface area (Å²) >= 11 is 0. The van der Waals surface area contributed by atoms with E-state index in [0.29, 0.717) is 12.5 Å². The maximum absolute atomic E-state index is 10.9. The van der Waals surface area contributed by atoms with Crippen molar-refractivity contribution >= 4 is 5.78 Å². The van der Waals surface area contributed by atoms with Gasteiger partial charge in [-0.3, -0.25) is 4.79 Å². The molecule has 0 aromatic carbocycles. The predicted octanol–water partition coefficient (Wildman–Crippen LogP) is 2.33. The minimum absolute atomic E-state index is 0.281. The fourth-order valence-electron chi connectivity index (χ4n) is 1.25. The van der Waals surface area contributed by atoms with Crippen LogP contribution in [-0.4, -0.2) is 30.3 Å². The highest BCUT2D eigenvalue weighted by molar-refractivity contribution is 5.76. The Kier molecular flexibility index (Phi) is 5.97. The van der Waals surface area contributed by atoms with Crippen molar-refractivity contribution in [1.82, 2.24) is 4.90 Å². The zero-order chi connectivity index (χ0) is 10.4. The van der Waals surface area contributed by atoms with Gasteiger partial charge in [-0.05, 0) is 39.8 Å². The summed E-state index contributed by atoms with van der Waals surface area (Å²) in [7, 11) is 2.09. The predicted molar refractivity (Wildman–Crippen MR) is 56.8 cm³/mol. The van der Waals surface area contributed by atoms with Gasteiger partial charge < -0.3 is 4.90 Å². The molecule has 1 unspecified atom stereocenters. The van der Waals surface area contributed by atoms with Gasteiger partial charge in [0.1, 0.15) is 5.78 Å². The van der Waals surface area contributed by atoms with Gasteiger partial charge in [0.05, 0.1) is 0 Å². The number of rotatable bonds is 6. The third kappa shape index (κ3) is 6.76. The number of Topliss-reactive ketones (excluding diaryl/α,β-unsaturated/α-hetero) is 1. The molecule has 0 N–H and O–H groups in total. The van der Waals surface area contributed by atoms with Gasteiger partial charge in [0.2, 0.25) is 0 Å². The number of ketones is 1. The van der Waals surface area contributed by atoms with E-state index in [0.717, 1.165) is 12.5 Å². The van der Waals surface area contributed by atoms with Crippen LogP contribution in [0.15, 0.2) is 0 Å². The largest absolute Gasteiger partial charge is 0.303 e. The summed E-state index contributed by atoms with van der Waals surface area (Å²) < 4.78 is 0. The molecule has 0 heterocycles. The molecular weight excluding hydrogens is 162 g/mol. The molecule has 0 amide bonds. The Balaban J connectivity index is 3.68. The van der Waals surface area contributed by atoms with Crippen molar-refractivity contribution in [2.75, 3.05) is 13.6 Å². The van der Waals surface area contributed by atoms with Crippen LogP contribution in [0.4, 0.5) is 0 Å². The first kappa shape index (κ1) is 12.6. The molecule has 78 valence electrons. The molecule has 2 nitrogen and oxygen atoms in total. The van der Waals surface area contributed by atoms with E-state index in [9.17, 15) is 4.79 Å². The molecule has 0 fully saturated rings. The molecule has 0 saturated carbocycles. The zero-order valence-electron chi connectivity index (χ0n) is 9.63. The highest BCUT2D eigenvalue weighted by Gasteiger charge is 2.10. The van der Waals surface area contributed by atoms with Crippen molar-refractivity contribution in [3.8, 4) is 0 Å². The SMILES string of the molecule is CC(=O)CC(C)N(C)CCC(C)C. The van der Waals surface area contributed by atoms with Gasteiger partial charge in [-0.25, -0.2) is 0 Å². The van der Waals surface area contributed by atoms with Crippen molar-refractivity contribution in [1.29, 1.82) is 0 Å². The fraction of sp³-hybridized carbons (Fsp3) is 0.909. The fourth-order valence-corrected chi connectivity index (χ4v) is 1.25. The summed E-state index contributed by atoms with van der Waals surface area (Å²) in [5.41, 5.74) is 0. The molecular formula is C11H23NO. The minimum atomic E-state index is 0.281. The standard InChI is InChI=1S/C11H23NO/c1-9(2)6-7-12(5)10(3)8-11(4)13/h9-10H,6-8H2,1-5H3. The van der Waals surface area contributed by atoms with Gasteiger partial charge in [-0.15, -0.1) is 0 Å². The molecule has 0 radical (unpaired) electrons. The Bertz CT molecular complexity index is 154. The van der Waals surface area contributed by atoms with Crippen LogP contribution in [-0.2, 0) is 4.79 Å². The van der Waals surface area contributed by atoms with Crippen LogP contribution in [0.5, 0.6) is 0 Å². The highest BCUT2D eigenvalue weighted by atomic mass is 16.1. The molecule has 0 aliphatic carbocycles. The lowest BCUT2D eigenvalue weighted by atomic mass is 10.1. The van der Waals surface area contributed by atoms with E-state index in [1.165, 1.54) is 6.42 Å². The van der Waals surface area contributed by atoms with E-state index >= 15 is 0 Å². The second kappa shape index (κ2) is 6.14. The lowest BCUT2D eigenvalue weighted by molar-refractivity contribution is -0.118. The molecule has 0 rings (SSSR count). The van der Waals surface area contributed by atoms with Crippen molar-refractivity contribution in [2.45, 2.75) is 46.6 Å². The van der Waals surface area contributed by atoms with Gasteiger partial charge in [0, 0.05) is 12.5 Å². The Labute approximate surface area is 82.3 Å². The van der Waals surface area contributed by atoms with E-state index in [1.807, 2.05) is 0 Å². The zero-order valence-corrected chi connectivity index (χ0v) is 9.63. The Morgan fingerprint density at radius 2 is 1.85 bits per heavy atom. The summed E-state index contributed by atoms with van der Waals surface area (Å²) in [5.74, 6) is 1.02. The van der Waals surface area contributed by atoms with Gasteiger partial charge in [0.15, 0.2) is 0 Å². The number of hydrogen-bond acceptors (Lipinski definition) is 2. The first-order valence-corrected chi connectivity index (χ1v) is 5.13. The average Bonchev–Trinajstić information content (AvgIpc) is 1.98. The third-order valence-corrected chi connectivity index (χ3v) is 2.39. The van der Waals surface area contributed by atoms with E-state index in [-0.39, 0.29) is 5.78 Å². The van der Waals surface area contributed by atoms with Crippen LogP contribution < -0.4 is 0 Å². The second-order valence-corrected chi connectivity index (χ2v) is 4.42. The normalized spacial score (nSPS) is 13.8. The third-order valence-electron chi connectivity index (χ3n) is 2.39. The quantitative estimate of drug-likeness (QED) is 0.633. The molecule has 0 aromatic rings. The first-order valence-electron chi connectivity index (χ1n) is 5.13. The van der Waals surface area contributed by atoms with Crippen LogP contribution in [0.1, 0.15) is 40.5 Å². The lowest BCUT2D eigenvalue weighted by Gasteiger charge is -2.24. The van der Waals surface area contributed by atoms with Crippen molar-refractivity contribution in [3.63, 3.8) is 0 Å². The molecule has 0 aromatic heterocycles. The molecule has 0 aliphatic rings. The second-order valence-electron chi connectivity index (χ2n) is 4.42. The number of carbonyl (C=O) groups excluding carboxylic acids is 1. The number of hydrogen-bond donors (Lipinski definition) is 0. The van der Waals surface area contributed by atoms with E-state index in [4.69, 9.17) is 0 Å². The lowest BCUT2D eigenvalue weighted by Crippen LogP contribution is -2.32. The van der Waals surface area contributed by atoms with Crippen molar-refractivity contribution in [3.05, 3.63) is 0 Å². The topological polar surface area (TPSA) is 20.3 Å². The van der Waals surface area contributed by atoms with Crippen molar-refractivity contribution in [2.24, 2.45) is 5.92 Å². The maximum Gasteiger partial charge on any atom is 0.131 e. The van der Waals surface area contributed by atoms with E-state index < -0.39 is 0 Å². The van der Waals surface area contributed by atoms with Crippen LogP contribution in [0.25, 0.3) is 0 Å². The summed E-state index contributed by atoms with van der Waals surface area (Å²) in [4.78, 5) is 13.1. The summed E-state index contributed by atoms with van der Waals surface area (Å²) in [6, 6.07) is 0.385. The van der Waals surface area contributed by atoms with Crippen LogP contribution in [0.3, 0.4) is 0 Å². The molecule has 2 heteroatoms. The Morgan fingerprint density at radius 1 is 1.31 bits per heavy atom.